The molecule has 84 valence electrons. The molecule has 15 heavy (non-hydrogen) atoms. The van der Waals surface area contributed by atoms with Crippen LogP contribution in [0.1, 0.15) is 32.1 Å². The Labute approximate surface area is 93.5 Å². The van der Waals surface area contributed by atoms with E-state index in [-0.39, 0.29) is 5.54 Å². The number of unbranched alkanes of at least 4 members (excludes halogenated alkanes) is 1. The minimum atomic E-state index is -0.308. The van der Waals surface area contributed by atoms with Crippen molar-refractivity contribution in [2.45, 2.75) is 37.6 Å². The lowest BCUT2D eigenvalue weighted by Crippen LogP contribution is -2.23. The Morgan fingerprint density at radius 3 is 2.27 bits per heavy atom. The normalized spacial score (nSPS) is 10.7. The van der Waals surface area contributed by atoms with Crippen molar-refractivity contribution >= 4 is 0 Å². The molecule has 0 amide bonds. The molecule has 2 nitrogen and oxygen atoms in total. The number of hydrogen-bond acceptors (Lipinski definition) is 1. The first kappa shape index (κ1) is 13.9. The van der Waals surface area contributed by atoms with E-state index in [2.05, 4.69) is 18.0 Å². The quantitative estimate of drug-likeness (QED) is 0.320. The molecule has 0 saturated heterocycles. The summed E-state index contributed by atoms with van der Waals surface area (Å²) < 4.78 is 4.99. The Bertz CT molecular complexity index is 217. The van der Waals surface area contributed by atoms with E-state index in [0.717, 1.165) is 38.7 Å². The van der Waals surface area contributed by atoms with E-state index in [0.29, 0.717) is 0 Å². The molecule has 0 spiro atoms. The molecule has 0 aliphatic rings. The van der Waals surface area contributed by atoms with Gasteiger partial charge in [-0.05, 0) is 12.8 Å². The van der Waals surface area contributed by atoms with E-state index in [4.69, 9.17) is 11.3 Å². The molecule has 0 radical (unpaired) electrons. The molecule has 0 rings (SSSR count). The Hall–Kier alpha value is -1.07. The molecule has 0 aliphatic carbocycles. The zero-order chi connectivity index (χ0) is 11.6. The molecule has 0 aromatic carbocycles. The molecule has 0 aliphatic heterocycles. The van der Waals surface area contributed by atoms with E-state index >= 15 is 0 Å². The van der Waals surface area contributed by atoms with Gasteiger partial charge >= 0.3 is 0 Å². The molecule has 0 aromatic heterocycles. The summed E-state index contributed by atoms with van der Waals surface area (Å²) in [5, 5.41) is 0. The standard InChI is InChI=1S/C13H21NO/c1-5-9-13(14-3,10-6-2)11-7-8-12-15-4/h5-6H,1-2,7-12H2,4H3. The van der Waals surface area contributed by atoms with Gasteiger partial charge in [0.1, 0.15) is 0 Å². The molecule has 0 fully saturated rings. The van der Waals surface area contributed by atoms with Crippen LogP contribution in [-0.4, -0.2) is 19.3 Å². The molecule has 0 unspecified atom stereocenters. The number of ether oxygens (including phenoxy) is 1. The maximum atomic E-state index is 7.29. The lowest BCUT2D eigenvalue weighted by Gasteiger charge is -2.18. The fourth-order valence-electron chi connectivity index (χ4n) is 1.67. The average Bonchev–Trinajstić information content (AvgIpc) is 2.25. The first-order valence-corrected chi connectivity index (χ1v) is 5.34. The van der Waals surface area contributed by atoms with Crippen LogP contribution in [0.15, 0.2) is 25.3 Å². The van der Waals surface area contributed by atoms with Crippen LogP contribution >= 0.6 is 0 Å². The largest absolute Gasteiger partial charge is 0.385 e. The third kappa shape index (κ3) is 5.39. The maximum absolute atomic E-state index is 7.29. The summed E-state index contributed by atoms with van der Waals surface area (Å²) in [5.41, 5.74) is -0.308. The molecule has 0 N–H and O–H groups in total. The molecular formula is C13H21NO. The Morgan fingerprint density at radius 2 is 1.87 bits per heavy atom. The van der Waals surface area contributed by atoms with E-state index < -0.39 is 0 Å². The Kier molecular flexibility index (Phi) is 7.67. The van der Waals surface area contributed by atoms with Crippen LogP contribution in [0.4, 0.5) is 0 Å². The SMILES string of the molecule is [C-]#[N+]C(CC=C)(CC=C)CCCCOC. The minimum absolute atomic E-state index is 0.308. The van der Waals surface area contributed by atoms with Crippen molar-refractivity contribution in [1.82, 2.24) is 0 Å². The third-order valence-corrected chi connectivity index (χ3v) is 2.53. The van der Waals surface area contributed by atoms with Crippen LogP contribution in [-0.2, 0) is 4.74 Å². The van der Waals surface area contributed by atoms with Gasteiger partial charge in [-0.1, -0.05) is 12.2 Å². The van der Waals surface area contributed by atoms with E-state index in [9.17, 15) is 0 Å². The van der Waals surface area contributed by atoms with Crippen molar-refractivity contribution in [3.8, 4) is 0 Å². The third-order valence-electron chi connectivity index (χ3n) is 2.53. The second-order valence-electron chi connectivity index (χ2n) is 3.77. The van der Waals surface area contributed by atoms with Gasteiger partial charge in [-0.25, -0.2) is 6.57 Å². The predicted molar refractivity (Wildman–Crippen MR) is 64.7 cm³/mol. The molecule has 2 heteroatoms. The fourth-order valence-corrected chi connectivity index (χ4v) is 1.67. The Morgan fingerprint density at radius 1 is 1.27 bits per heavy atom. The topological polar surface area (TPSA) is 13.6 Å². The Balaban J connectivity index is 4.16. The summed E-state index contributed by atoms with van der Waals surface area (Å²) in [6.45, 7) is 15.5. The van der Waals surface area contributed by atoms with E-state index in [1.54, 1.807) is 7.11 Å². The zero-order valence-electron chi connectivity index (χ0n) is 9.67. The number of rotatable bonds is 9. The maximum Gasteiger partial charge on any atom is 0.239 e. The van der Waals surface area contributed by atoms with Crippen LogP contribution in [0, 0.1) is 6.57 Å². The van der Waals surface area contributed by atoms with Crippen LogP contribution < -0.4 is 0 Å². The highest BCUT2D eigenvalue weighted by Crippen LogP contribution is 2.28. The van der Waals surface area contributed by atoms with E-state index in [1.165, 1.54) is 0 Å². The average molecular weight is 207 g/mol. The highest BCUT2D eigenvalue weighted by molar-refractivity contribution is 5.05. The van der Waals surface area contributed by atoms with Crippen LogP contribution in [0.5, 0.6) is 0 Å². The fraction of sp³-hybridized carbons (Fsp3) is 0.615. The smallest absolute Gasteiger partial charge is 0.239 e. The van der Waals surface area contributed by atoms with Gasteiger partial charge < -0.3 is 9.58 Å². The second kappa shape index (κ2) is 8.26. The highest BCUT2D eigenvalue weighted by Gasteiger charge is 2.32. The van der Waals surface area contributed by atoms with Crippen LogP contribution in [0.25, 0.3) is 4.85 Å². The highest BCUT2D eigenvalue weighted by atomic mass is 16.5. The summed E-state index contributed by atoms with van der Waals surface area (Å²) in [6.07, 6.45) is 8.10. The monoisotopic (exact) mass is 207 g/mol. The molecule has 0 atom stereocenters. The van der Waals surface area contributed by atoms with Crippen molar-refractivity contribution in [2.24, 2.45) is 0 Å². The van der Waals surface area contributed by atoms with Gasteiger partial charge in [-0.15, -0.1) is 13.2 Å². The van der Waals surface area contributed by atoms with Gasteiger partial charge in [0.15, 0.2) is 0 Å². The van der Waals surface area contributed by atoms with Crippen molar-refractivity contribution in [3.05, 3.63) is 36.7 Å². The summed E-state index contributed by atoms with van der Waals surface area (Å²) in [7, 11) is 1.70. The summed E-state index contributed by atoms with van der Waals surface area (Å²) >= 11 is 0. The minimum Gasteiger partial charge on any atom is -0.385 e. The lowest BCUT2D eigenvalue weighted by molar-refractivity contribution is 0.190. The first-order valence-electron chi connectivity index (χ1n) is 5.34. The second-order valence-corrected chi connectivity index (χ2v) is 3.77. The summed E-state index contributed by atoms with van der Waals surface area (Å²) in [5.74, 6) is 0. The lowest BCUT2D eigenvalue weighted by atomic mass is 9.86. The van der Waals surface area contributed by atoms with Gasteiger partial charge in [0.05, 0.1) is 0 Å². The zero-order valence-corrected chi connectivity index (χ0v) is 9.67. The molecule has 0 aromatic rings. The van der Waals surface area contributed by atoms with Gasteiger partial charge in [0, 0.05) is 33.0 Å². The summed E-state index contributed by atoms with van der Waals surface area (Å²) in [6, 6.07) is 0. The van der Waals surface area contributed by atoms with Crippen molar-refractivity contribution in [1.29, 1.82) is 0 Å². The molecule has 0 bridgehead atoms. The summed E-state index contributed by atoms with van der Waals surface area (Å²) in [4.78, 5) is 3.76. The number of hydrogen-bond donors (Lipinski definition) is 0. The van der Waals surface area contributed by atoms with Crippen LogP contribution in [0.2, 0.25) is 0 Å². The molecular weight excluding hydrogens is 186 g/mol. The van der Waals surface area contributed by atoms with Crippen molar-refractivity contribution in [2.75, 3.05) is 13.7 Å². The number of nitrogens with zero attached hydrogens (tertiary/aromatic N) is 1. The molecule has 0 saturated carbocycles. The van der Waals surface area contributed by atoms with Gasteiger partial charge in [0.2, 0.25) is 5.54 Å². The van der Waals surface area contributed by atoms with Crippen molar-refractivity contribution in [3.63, 3.8) is 0 Å². The van der Waals surface area contributed by atoms with E-state index in [1.807, 2.05) is 12.2 Å². The number of methoxy groups -OCH3 is 1. The molecule has 0 heterocycles. The van der Waals surface area contributed by atoms with Crippen molar-refractivity contribution < 1.29 is 4.74 Å². The van der Waals surface area contributed by atoms with Crippen LogP contribution in [0.3, 0.4) is 0 Å². The first-order chi connectivity index (χ1) is 7.24. The van der Waals surface area contributed by atoms with Gasteiger partial charge in [-0.3, -0.25) is 0 Å². The van der Waals surface area contributed by atoms with Gasteiger partial charge in [0.25, 0.3) is 0 Å². The predicted octanol–water partition coefficient (Wildman–Crippen LogP) is 3.61. The van der Waals surface area contributed by atoms with Gasteiger partial charge in [-0.2, -0.15) is 0 Å².